The summed E-state index contributed by atoms with van der Waals surface area (Å²) in [7, 11) is 0. The van der Waals surface area contributed by atoms with Gasteiger partial charge in [0.25, 0.3) is 5.91 Å². The van der Waals surface area contributed by atoms with Gasteiger partial charge in [-0.3, -0.25) is 4.79 Å². The number of hydrazone groups is 1. The van der Waals surface area contributed by atoms with Crippen LogP contribution in [0.4, 0.5) is 11.4 Å². The number of nitrogens with zero attached hydrogens (tertiary/aromatic N) is 2. The normalized spacial score (nSPS) is 12.0. The van der Waals surface area contributed by atoms with Crippen molar-refractivity contribution in [1.29, 1.82) is 0 Å². The van der Waals surface area contributed by atoms with E-state index in [0.717, 1.165) is 24.3 Å². The molecule has 2 aromatic rings. The predicted octanol–water partition coefficient (Wildman–Crippen LogP) is 4.14. The van der Waals surface area contributed by atoms with Crippen LogP contribution in [0.1, 0.15) is 26.3 Å². The first-order valence-corrected chi connectivity index (χ1v) is 9.11. The van der Waals surface area contributed by atoms with Gasteiger partial charge in [-0.2, -0.15) is 5.10 Å². The number of hydrogen-bond donors (Lipinski definition) is 2. The van der Waals surface area contributed by atoms with Gasteiger partial charge in [-0.25, -0.2) is 5.43 Å². The van der Waals surface area contributed by atoms with Crippen LogP contribution in [0.25, 0.3) is 0 Å². The Morgan fingerprint density at radius 3 is 2.31 bits per heavy atom. The van der Waals surface area contributed by atoms with Crippen LogP contribution < -0.4 is 15.6 Å². The van der Waals surface area contributed by atoms with Crippen LogP contribution in [0, 0.1) is 0 Å². The summed E-state index contributed by atoms with van der Waals surface area (Å²) in [5, 5.41) is 7.79. The summed E-state index contributed by atoms with van der Waals surface area (Å²) in [6, 6.07) is 14.9. The van der Waals surface area contributed by atoms with Crippen LogP contribution in [0.15, 0.2) is 53.6 Å². The zero-order chi connectivity index (χ0) is 18.9. The van der Waals surface area contributed by atoms with E-state index in [1.807, 2.05) is 24.3 Å². The Kier molecular flexibility index (Phi) is 7.48. The largest absolute Gasteiger partial charge is 0.374 e. The van der Waals surface area contributed by atoms with E-state index < -0.39 is 6.04 Å². The van der Waals surface area contributed by atoms with Gasteiger partial charge in [0.05, 0.1) is 6.21 Å². The molecular formula is C20H25ClN4O. The maximum absolute atomic E-state index is 12.1. The molecule has 5 nitrogen and oxygen atoms in total. The summed E-state index contributed by atoms with van der Waals surface area (Å²) < 4.78 is 0. The third-order valence-electron chi connectivity index (χ3n) is 4.03. The van der Waals surface area contributed by atoms with Crippen molar-refractivity contribution in [3.63, 3.8) is 0 Å². The first kappa shape index (κ1) is 19.8. The molecule has 0 aliphatic heterocycles. The monoisotopic (exact) mass is 372 g/mol. The molecule has 0 saturated carbocycles. The smallest absolute Gasteiger partial charge is 0.262 e. The van der Waals surface area contributed by atoms with E-state index in [4.69, 9.17) is 11.6 Å². The average Bonchev–Trinajstić information content (AvgIpc) is 2.65. The average molecular weight is 373 g/mol. The molecule has 1 amide bonds. The molecule has 138 valence electrons. The number of carbonyl (C=O) groups excluding carboxylic acids is 1. The number of rotatable bonds is 8. The van der Waals surface area contributed by atoms with Gasteiger partial charge in [0.2, 0.25) is 0 Å². The van der Waals surface area contributed by atoms with Crippen LogP contribution in [0.3, 0.4) is 0 Å². The van der Waals surface area contributed by atoms with Gasteiger partial charge in [-0.1, -0.05) is 23.7 Å². The Morgan fingerprint density at radius 2 is 1.73 bits per heavy atom. The van der Waals surface area contributed by atoms with Gasteiger partial charge >= 0.3 is 0 Å². The van der Waals surface area contributed by atoms with E-state index in [1.165, 1.54) is 5.69 Å². The minimum Gasteiger partial charge on any atom is -0.374 e. The molecule has 2 rings (SSSR count). The van der Waals surface area contributed by atoms with Crippen LogP contribution in [-0.4, -0.2) is 31.3 Å². The number of nitrogens with one attached hydrogen (secondary N) is 2. The Bertz CT molecular complexity index is 724. The summed E-state index contributed by atoms with van der Waals surface area (Å²) in [5.74, 6) is -0.212. The minimum atomic E-state index is -0.418. The summed E-state index contributed by atoms with van der Waals surface area (Å²) >= 11 is 5.85. The van der Waals surface area contributed by atoms with E-state index >= 15 is 0 Å². The first-order chi connectivity index (χ1) is 12.5. The molecule has 0 aliphatic carbocycles. The molecule has 0 aliphatic rings. The molecule has 0 fully saturated rings. The fourth-order valence-corrected chi connectivity index (χ4v) is 2.61. The van der Waals surface area contributed by atoms with Gasteiger partial charge in [0, 0.05) is 29.5 Å². The number of carbonyl (C=O) groups is 1. The molecule has 0 saturated heterocycles. The zero-order valence-corrected chi connectivity index (χ0v) is 16.1. The molecule has 0 heterocycles. The molecule has 0 radical (unpaired) electrons. The number of halogens is 1. The quantitative estimate of drug-likeness (QED) is 0.541. The van der Waals surface area contributed by atoms with Crippen molar-refractivity contribution in [3.05, 3.63) is 59.1 Å². The molecule has 0 unspecified atom stereocenters. The fraction of sp³-hybridized carbons (Fsp3) is 0.300. The molecular weight excluding hydrogens is 348 g/mol. The second-order valence-electron chi connectivity index (χ2n) is 5.87. The summed E-state index contributed by atoms with van der Waals surface area (Å²) in [6.45, 7) is 7.98. The lowest BCUT2D eigenvalue weighted by atomic mass is 10.2. The molecule has 2 N–H and O–H groups in total. The van der Waals surface area contributed by atoms with Gasteiger partial charge < -0.3 is 10.2 Å². The number of anilines is 2. The van der Waals surface area contributed by atoms with Crippen molar-refractivity contribution in [2.24, 2.45) is 5.10 Å². The standard InChI is InChI=1S/C20H25ClN4O/c1-4-25(5-2)19-12-6-16(7-13-19)14-22-24-20(26)15(3)23-18-10-8-17(21)9-11-18/h6-15,23H,4-5H2,1-3H3,(H,24,26)/b22-14-/t15-/m1/s1. The predicted molar refractivity (Wildman–Crippen MR) is 110 cm³/mol. The Balaban J connectivity index is 1.86. The van der Waals surface area contributed by atoms with Gasteiger partial charge in [0.15, 0.2) is 0 Å². The lowest BCUT2D eigenvalue weighted by Crippen LogP contribution is -2.34. The maximum Gasteiger partial charge on any atom is 0.262 e. The Labute approximate surface area is 160 Å². The second kappa shape index (κ2) is 9.82. The number of amides is 1. The van der Waals surface area contributed by atoms with E-state index in [1.54, 1.807) is 25.3 Å². The van der Waals surface area contributed by atoms with Crippen molar-refractivity contribution in [2.75, 3.05) is 23.3 Å². The van der Waals surface area contributed by atoms with Gasteiger partial charge in [-0.15, -0.1) is 0 Å². The van der Waals surface area contributed by atoms with Crippen LogP contribution in [0.2, 0.25) is 5.02 Å². The van der Waals surface area contributed by atoms with Crippen molar-refractivity contribution in [3.8, 4) is 0 Å². The lowest BCUT2D eigenvalue weighted by molar-refractivity contribution is -0.121. The highest BCUT2D eigenvalue weighted by Gasteiger charge is 2.11. The highest BCUT2D eigenvalue weighted by atomic mass is 35.5. The fourth-order valence-electron chi connectivity index (χ4n) is 2.49. The second-order valence-corrected chi connectivity index (χ2v) is 6.31. The third-order valence-corrected chi connectivity index (χ3v) is 4.28. The Morgan fingerprint density at radius 1 is 1.12 bits per heavy atom. The van der Waals surface area contributed by atoms with Crippen LogP contribution in [-0.2, 0) is 4.79 Å². The third kappa shape index (κ3) is 5.77. The molecule has 0 bridgehead atoms. The summed E-state index contributed by atoms with van der Waals surface area (Å²) in [4.78, 5) is 14.4. The Hall–Kier alpha value is -2.53. The van der Waals surface area contributed by atoms with Gasteiger partial charge in [0.1, 0.15) is 6.04 Å². The van der Waals surface area contributed by atoms with Crippen molar-refractivity contribution < 1.29 is 4.79 Å². The van der Waals surface area contributed by atoms with E-state index in [-0.39, 0.29) is 5.91 Å². The highest BCUT2D eigenvalue weighted by molar-refractivity contribution is 6.30. The summed E-state index contributed by atoms with van der Waals surface area (Å²) in [6.07, 6.45) is 1.64. The molecule has 2 aromatic carbocycles. The lowest BCUT2D eigenvalue weighted by Gasteiger charge is -2.20. The van der Waals surface area contributed by atoms with Crippen molar-refractivity contribution in [2.45, 2.75) is 26.8 Å². The van der Waals surface area contributed by atoms with Crippen LogP contribution in [0.5, 0.6) is 0 Å². The highest BCUT2D eigenvalue weighted by Crippen LogP contribution is 2.15. The van der Waals surface area contributed by atoms with Crippen molar-refractivity contribution >= 4 is 35.1 Å². The number of hydrogen-bond acceptors (Lipinski definition) is 4. The molecule has 0 aromatic heterocycles. The van der Waals surface area contributed by atoms with Crippen LogP contribution >= 0.6 is 11.6 Å². The maximum atomic E-state index is 12.1. The van der Waals surface area contributed by atoms with Crippen molar-refractivity contribution in [1.82, 2.24) is 5.43 Å². The zero-order valence-electron chi connectivity index (χ0n) is 15.4. The molecule has 26 heavy (non-hydrogen) atoms. The molecule has 0 spiro atoms. The number of benzene rings is 2. The molecule has 1 atom stereocenters. The first-order valence-electron chi connectivity index (χ1n) is 8.73. The van der Waals surface area contributed by atoms with E-state index in [2.05, 4.69) is 46.7 Å². The summed E-state index contributed by atoms with van der Waals surface area (Å²) in [5.41, 5.74) is 5.49. The SMILES string of the molecule is CCN(CC)c1ccc(/C=N\NC(=O)[C@@H](C)Nc2ccc(Cl)cc2)cc1. The van der Waals surface area contributed by atoms with E-state index in [9.17, 15) is 4.79 Å². The topological polar surface area (TPSA) is 56.7 Å². The minimum absolute atomic E-state index is 0.212. The van der Waals surface area contributed by atoms with E-state index in [0.29, 0.717) is 5.02 Å². The van der Waals surface area contributed by atoms with Gasteiger partial charge in [-0.05, 0) is 62.7 Å². The molecule has 6 heteroatoms.